The van der Waals surface area contributed by atoms with Gasteiger partial charge in [-0.2, -0.15) is 0 Å². The molecule has 0 amide bonds. The zero-order chi connectivity index (χ0) is 12.6. The van der Waals surface area contributed by atoms with Crippen LogP contribution in [0.1, 0.15) is 40.0 Å². The lowest BCUT2D eigenvalue weighted by Gasteiger charge is -2.24. The number of hydrogen-bond acceptors (Lipinski definition) is 3. The smallest absolute Gasteiger partial charge is 0.00975 e. The minimum absolute atomic E-state index is 0.0109. The van der Waals surface area contributed by atoms with E-state index in [-0.39, 0.29) is 5.54 Å². The Morgan fingerprint density at radius 1 is 1.00 bits per heavy atom. The van der Waals surface area contributed by atoms with Gasteiger partial charge in [0, 0.05) is 5.54 Å². The molecule has 0 heterocycles. The van der Waals surface area contributed by atoms with E-state index in [0.29, 0.717) is 0 Å². The summed E-state index contributed by atoms with van der Waals surface area (Å²) in [5.74, 6) is 0. The molecule has 0 saturated carbocycles. The SMILES string of the molecule is CCN(CCCN(C)C)CCCC(C)(C)N. The van der Waals surface area contributed by atoms with Crippen LogP contribution in [-0.2, 0) is 0 Å². The van der Waals surface area contributed by atoms with Gasteiger partial charge in [0.05, 0.1) is 0 Å². The summed E-state index contributed by atoms with van der Waals surface area (Å²) >= 11 is 0. The quantitative estimate of drug-likeness (QED) is 0.654. The van der Waals surface area contributed by atoms with E-state index in [9.17, 15) is 0 Å². The summed E-state index contributed by atoms with van der Waals surface area (Å²) in [6, 6.07) is 0. The first-order valence-electron chi connectivity index (χ1n) is 6.51. The first kappa shape index (κ1) is 15.9. The van der Waals surface area contributed by atoms with E-state index >= 15 is 0 Å². The van der Waals surface area contributed by atoms with Gasteiger partial charge in [-0.05, 0) is 73.4 Å². The van der Waals surface area contributed by atoms with E-state index in [1.807, 2.05) is 0 Å². The highest BCUT2D eigenvalue weighted by atomic mass is 15.1. The third-order valence-electron chi connectivity index (χ3n) is 2.82. The van der Waals surface area contributed by atoms with Crippen molar-refractivity contribution in [3.05, 3.63) is 0 Å². The molecule has 16 heavy (non-hydrogen) atoms. The van der Waals surface area contributed by atoms with Crippen LogP contribution in [0.25, 0.3) is 0 Å². The Morgan fingerprint density at radius 2 is 1.56 bits per heavy atom. The second-order valence-corrected chi connectivity index (χ2v) is 5.68. The maximum absolute atomic E-state index is 5.98. The van der Waals surface area contributed by atoms with Gasteiger partial charge in [-0.25, -0.2) is 0 Å². The van der Waals surface area contributed by atoms with Gasteiger partial charge in [-0.3, -0.25) is 0 Å². The molecule has 0 aromatic heterocycles. The molecule has 0 spiro atoms. The van der Waals surface area contributed by atoms with Crippen molar-refractivity contribution in [3.8, 4) is 0 Å². The number of hydrogen-bond donors (Lipinski definition) is 1. The Kier molecular flexibility index (Phi) is 7.98. The normalized spacial score (nSPS) is 12.8. The first-order valence-corrected chi connectivity index (χ1v) is 6.51. The summed E-state index contributed by atoms with van der Waals surface area (Å²) < 4.78 is 0. The van der Waals surface area contributed by atoms with E-state index in [1.54, 1.807) is 0 Å². The van der Waals surface area contributed by atoms with Crippen molar-refractivity contribution in [2.75, 3.05) is 40.3 Å². The van der Waals surface area contributed by atoms with E-state index in [0.717, 1.165) is 13.0 Å². The summed E-state index contributed by atoms with van der Waals surface area (Å²) in [6.45, 7) is 11.2. The highest BCUT2D eigenvalue weighted by molar-refractivity contribution is 4.72. The van der Waals surface area contributed by atoms with Gasteiger partial charge in [0.15, 0.2) is 0 Å². The first-order chi connectivity index (χ1) is 7.35. The van der Waals surface area contributed by atoms with Crippen LogP contribution in [0.5, 0.6) is 0 Å². The van der Waals surface area contributed by atoms with Crippen molar-refractivity contribution in [2.24, 2.45) is 5.73 Å². The van der Waals surface area contributed by atoms with Gasteiger partial charge in [0.1, 0.15) is 0 Å². The Bertz CT molecular complexity index is 161. The average Bonchev–Trinajstić information content (AvgIpc) is 2.13. The molecule has 0 aliphatic carbocycles. The van der Waals surface area contributed by atoms with E-state index < -0.39 is 0 Å². The van der Waals surface area contributed by atoms with Gasteiger partial charge >= 0.3 is 0 Å². The number of nitrogens with zero attached hydrogens (tertiary/aromatic N) is 2. The lowest BCUT2D eigenvalue weighted by atomic mass is 10.00. The van der Waals surface area contributed by atoms with Crippen molar-refractivity contribution in [1.29, 1.82) is 0 Å². The standard InChI is InChI=1S/C13H31N3/c1-6-16(12-8-10-15(4)5)11-7-9-13(2,3)14/h6-12,14H2,1-5H3. The van der Waals surface area contributed by atoms with Crippen molar-refractivity contribution in [3.63, 3.8) is 0 Å². The monoisotopic (exact) mass is 229 g/mol. The van der Waals surface area contributed by atoms with E-state index in [2.05, 4.69) is 44.7 Å². The van der Waals surface area contributed by atoms with Gasteiger partial charge < -0.3 is 15.5 Å². The predicted molar refractivity (Wildman–Crippen MR) is 72.8 cm³/mol. The Balaban J connectivity index is 3.59. The van der Waals surface area contributed by atoms with Crippen LogP contribution in [0.15, 0.2) is 0 Å². The molecule has 0 radical (unpaired) electrons. The van der Waals surface area contributed by atoms with Crippen LogP contribution >= 0.6 is 0 Å². The zero-order valence-corrected chi connectivity index (χ0v) is 11.9. The zero-order valence-electron chi connectivity index (χ0n) is 11.9. The van der Waals surface area contributed by atoms with Crippen LogP contribution in [0, 0.1) is 0 Å². The van der Waals surface area contributed by atoms with Crippen LogP contribution in [0.2, 0.25) is 0 Å². The minimum Gasteiger partial charge on any atom is -0.326 e. The fraction of sp³-hybridized carbons (Fsp3) is 1.00. The Hall–Kier alpha value is -0.120. The molecule has 2 N–H and O–H groups in total. The number of nitrogens with two attached hydrogens (primary N) is 1. The fourth-order valence-corrected chi connectivity index (χ4v) is 1.80. The minimum atomic E-state index is -0.0109. The fourth-order valence-electron chi connectivity index (χ4n) is 1.80. The lowest BCUT2D eigenvalue weighted by Crippen LogP contribution is -2.34. The van der Waals surface area contributed by atoms with Crippen molar-refractivity contribution in [1.82, 2.24) is 9.80 Å². The van der Waals surface area contributed by atoms with E-state index in [4.69, 9.17) is 5.73 Å². The molecule has 0 aromatic rings. The molecule has 0 atom stereocenters. The van der Waals surface area contributed by atoms with Gasteiger partial charge in [0.25, 0.3) is 0 Å². The van der Waals surface area contributed by atoms with Crippen LogP contribution < -0.4 is 5.73 Å². The van der Waals surface area contributed by atoms with Crippen LogP contribution in [0.4, 0.5) is 0 Å². The molecule has 0 saturated heterocycles. The predicted octanol–water partition coefficient (Wildman–Crippen LogP) is 1.78. The Labute approximate surface area is 102 Å². The van der Waals surface area contributed by atoms with Gasteiger partial charge in [-0.15, -0.1) is 0 Å². The average molecular weight is 229 g/mol. The molecule has 0 bridgehead atoms. The second kappa shape index (κ2) is 8.04. The van der Waals surface area contributed by atoms with Crippen LogP contribution in [0.3, 0.4) is 0 Å². The Morgan fingerprint density at radius 3 is 2.00 bits per heavy atom. The summed E-state index contributed by atoms with van der Waals surface area (Å²) in [4.78, 5) is 4.77. The molecule has 3 nitrogen and oxygen atoms in total. The lowest BCUT2D eigenvalue weighted by molar-refractivity contribution is 0.254. The second-order valence-electron chi connectivity index (χ2n) is 5.68. The van der Waals surface area contributed by atoms with Gasteiger partial charge in [0.2, 0.25) is 0 Å². The molecule has 0 fully saturated rings. The van der Waals surface area contributed by atoms with E-state index in [1.165, 1.54) is 32.5 Å². The summed E-state index contributed by atoms with van der Waals surface area (Å²) in [5, 5.41) is 0. The summed E-state index contributed by atoms with van der Waals surface area (Å²) in [6.07, 6.45) is 3.57. The highest BCUT2D eigenvalue weighted by Gasteiger charge is 2.11. The van der Waals surface area contributed by atoms with Crippen molar-refractivity contribution >= 4 is 0 Å². The molecule has 0 unspecified atom stereocenters. The topological polar surface area (TPSA) is 32.5 Å². The molecular weight excluding hydrogens is 198 g/mol. The molecular formula is C13H31N3. The summed E-state index contributed by atoms with van der Waals surface area (Å²) in [7, 11) is 4.26. The molecule has 0 rings (SSSR count). The third kappa shape index (κ3) is 10.4. The van der Waals surface area contributed by atoms with Crippen molar-refractivity contribution < 1.29 is 0 Å². The molecule has 3 heteroatoms. The third-order valence-corrected chi connectivity index (χ3v) is 2.82. The number of rotatable bonds is 9. The molecule has 0 aromatic carbocycles. The summed E-state index contributed by atoms with van der Waals surface area (Å²) in [5.41, 5.74) is 5.97. The molecule has 98 valence electrons. The largest absolute Gasteiger partial charge is 0.326 e. The van der Waals surface area contributed by atoms with Crippen molar-refractivity contribution in [2.45, 2.75) is 45.6 Å². The molecule has 0 aliphatic heterocycles. The highest BCUT2D eigenvalue weighted by Crippen LogP contribution is 2.08. The maximum Gasteiger partial charge on any atom is 0.00975 e. The van der Waals surface area contributed by atoms with Crippen LogP contribution in [-0.4, -0.2) is 55.6 Å². The van der Waals surface area contributed by atoms with Gasteiger partial charge in [-0.1, -0.05) is 6.92 Å². The molecule has 0 aliphatic rings. The maximum atomic E-state index is 5.98.